The summed E-state index contributed by atoms with van der Waals surface area (Å²) in [5.74, 6) is 3.32. The van der Waals surface area contributed by atoms with E-state index < -0.39 is 0 Å². The third kappa shape index (κ3) is 5.65. The molecule has 2 heterocycles. The van der Waals surface area contributed by atoms with E-state index in [1.807, 2.05) is 36.4 Å². The summed E-state index contributed by atoms with van der Waals surface area (Å²) < 4.78 is 17.4. The maximum Gasteiger partial charge on any atom is 0.161 e. The maximum atomic E-state index is 6.06. The Kier molecular flexibility index (Phi) is 9.40. The van der Waals surface area contributed by atoms with Gasteiger partial charge in [-0.05, 0) is 49.9 Å². The minimum Gasteiger partial charge on any atom is -0.495 e. The summed E-state index contributed by atoms with van der Waals surface area (Å²) in [6, 6.07) is 16.6. The second-order valence-electron chi connectivity index (χ2n) is 7.69. The van der Waals surface area contributed by atoms with Crippen molar-refractivity contribution < 1.29 is 14.2 Å². The van der Waals surface area contributed by atoms with Gasteiger partial charge in [0, 0.05) is 25.7 Å². The molecule has 166 valence electrons. The number of nitrogens with one attached hydrogen (secondary N) is 1. The van der Waals surface area contributed by atoms with Crippen molar-refractivity contribution >= 4 is 30.5 Å². The van der Waals surface area contributed by atoms with Gasteiger partial charge in [-0.25, -0.2) is 0 Å². The molecule has 1 fully saturated rings. The lowest BCUT2D eigenvalue weighted by Crippen LogP contribution is -2.46. The van der Waals surface area contributed by atoms with Crippen LogP contribution in [0.3, 0.4) is 0 Å². The molecule has 1 saturated heterocycles. The Balaban J connectivity index is 0.00000160. The van der Waals surface area contributed by atoms with E-state index in [0.717, 1.165) is 36.9 Å². The van der Waals surface area contributed by atoms with Gasteiger partial charge in [-0.3, -0.25) is 0 Å². The van der Waals surface area contributed by atoms with Crippen molar-refractivity contribution in [1.82, 2.24) is 5.32 Å². The molecular weight excluding hydrogens is 423 g/mol. The van der Waals surface area contributed by atoms with Gasteiger partial charge in [-0.2, -0.15) is 0 Å². The lowest BCUT2D eigenvalue weighted by Gasteiger charge is -2.37. The maximum absolute atomic E-state index is 6.06. The first-order chi connectivity index (χ1) is 13.7. The van der Waals surface area contributed by atoms with Crippen LogP contribution in [-0.4, -0.2) is 45.5 Å². The monoisotopic (exact) mass is 454 g/mol. The Morgan fingerprint density at radius 3 is 2.43 bits per heavy atom. The van der Waals surface area contributed by atoms with Crippen LogP contribution in [-0.2, 0) is 0 Å². The summed E-state index contributed by atoms with van der Waals surface area (Å²) >= 11 is 0. The normalized spacial score (nSPS) is 19.3. The van der Waals surface area contributed by atoms with Crippen LogP contribution >= 0.6 is 24.8 Å². The van der Waals surface area contributed by atoms with Crippen LogP contribution in [0.1, 0.15) is 19.8 Å². The fourth-order valence-corrected chi connectivity index (χ4v) is 4.18. The number of hydrogen-bond acceptors (Lipinski definition) is 5. The molecule has 0 radical (unpaired) electrons. The standard InChI is InChI=1S/C23H30N2O3.2ClH/c1-17(24-15-19-16-27-22-9-5-6-10-23(22)28-19)18-11-13-25(14-12-18)20-7-3-4-8-21(20)26-2;;/h3-10,17-19,24H,11-16H2,1-2H3;2*1H. The predicted octanol–water partition coefficient (Wildman–Crippen LogP) is 4.57. The SMILES string of the molecule is COc1ccccc1N1CCC(C(C)NCC2COc3ccccc3O2)CC1.Cl.Cl. The largest absolute Gasteiger partial charge is 0.495 e. The van der Waals surface area contributed by atoms with Crippen LogP contribution in [0.25, 0.3) is 0 Å². The van der Waals surface area contributed by atoms with Gasteiger partial charge < -0.3 is 24.4 Å². The molecule has 0 saturated carbocycles. The number of para-hydroxylation sites is 4. The molecule has 2 unspecified atom stereocenters. The number of halogens is 2. The van der Waals surface area contributed by atoms with Gasteiger partial charge in [0.2, 0.25) is 0 Å². The molecule has 0 aromatic heterocycles. The number of anilines is 1. The lowest BCUT2D eigenvalue weighted by molar-refractivity contribution is 0.0861. The molecule has 1 N–H and O–H groups in total. The summed E-state index contributed by atoms with van der Waals surface area (Å²) in [6.07, 6.45) is 2.42. The van der Waals surface area contributed by atoms with Crippen molar-refractivity contribution in [2.24, 2.45) is 5.92 Å². The zero-order valence-electron chi connectivity index (χ0n) is 17.6. The molecule has 4 rings (SSSR count). The van der Waals surface area contributed by atoms with Gasteiger partial charge in [0.15, 0.2) is 11.5 Å². The molecule has 0 bridgehead atoms. The van der Waals surface area contributed by atoms with E-state index in [2.05, 4.69) is 29.3 Å². The number of benzene rings is 2. The van der Waals surface area contributed by atoms with E-state index in [-0.39, 0.29) is 30.9 Å². The second-order valence-corrected chi connectivity index (χ2v) is 7.69. The third-order valence-corrected chi connectivity index (χ3v) is 5.91. The highest BCUT2D eigenvalue weighted by atomic mass is 35.5. The third-order valence-electron chi connectivity index (χ3n) is 5.91. The summed E-state index contributed by atoms with van der Waals surface area (Å²) in [5.41, 5.74) is 1.20. The quantitative estimate of drug-likeness (QED) is 0.691. The molecular formula is C23H32Cl2N2O3. The van der Waals surface area contributed by atoms with Crippen molar-refractivity contribution in [2.75, 3.05) is 38.3 Å². The molecule has 5 nitrogen and oxygen atoms in total. The molecule has 7 heteroatoms. The van der Waals surface area contributed by atoms with Gasteiger partial charge in [-0.1, -0.05) is 24.3 Å². The van der Waals surface area contributed by atoms with E-state index in [9.17, 15) is 0 Å². The smallest absolute Gasteiger partial charge is 0.161 e. The van der Waals surface area contributed by atoms with Gasteiger partial charge in [-0.15, -0.1) is 24.8 Å². The molecule has 0 amide bonds. The van der Waals surface area contributed by atoms with Gasteiger partial charge in [0.05, 0.1) is 12.8 Å². The molecule has 2 aromatic carbocycles. The van der Waals surface area contributed by atoms with Crippen LogP contribution in [0, 0.1) is 5.92 Å². The molecule has 30 heavy (non-hydrogen) atoms. The molecule has 2 aliphatic rings. The number of fused-ring (bicyclic) bond motifs is 1. The summed E-state index contributed by atoms with van der Waals surface area (Å²) in [5, 5.41) is 3.68. The Bertz CT molecular complexity index is 785. The number of ether oxygens (including phenoxy) is 3. The highest BCUT2D eigenvalue weighted by molar-refractivity contribution is 5.85. The van der Waals surface area contributed by atoms with Crippen LogP contribution in [0.5, 0.6) is 17.2 Å². The van der Waals surface area contributed by atoms with E-state index in [1.165, 1.54) is 18.5 Å². The number of methoxy groups -OCH3 is 1. The molecule has 0 spiro atoms. The Morgan fingerprint density at radius 2 is 1.70 bits per heavy atom. The fourth-order valence-electron chi connectivity index (χ4n) is 4.18. The summed E-state index contributed by atoms with van der Waals surface area (Å²) in [7, 11) is 1.74. The Morgan fingerprint density at radius 1 is 1.03 bits per heavy atom. The minimum absolute atomic E-state index is 0. The molecule has 2 aliphatic heterocycles. The Hall–Kier alpha value is -1.82. The topological polar surface area (TPSA) is 43.0 Å². The molecule has 2 atom stereocenters. The highest BCUT2D eigenvalue weighted by Crippen LogP contribution is 2.33. The van der Waals surface area contributed by atoms with Crippen molar-refractivity contribution in [3.63, 3.8) is 0 Å². The summed E-state index contributed by atoms with van der Waals surface area (Å²) in [6.45, 7) is 5.83. The van der Waals surface area contributed by atoms with E-state index >= 15 is 0 Å². The van der Waals surface area contributed by atoms with Crippen LogP contribution in [0.15, 0.2) is 48.5 Å². The number of rotatable bonds is 6. The van der Waals surface area contributed by atoms with Crippen molar-refractivity contribution in [2.45, 2.75) is 31.9 Å². The number of hydrogen-bond donors (Lipinski definition) is 1. The van der Waals surface area contributed by atoms with Gasteiger partial charge >= 0.3 is 0 Å². The van der Waals surface area contributed by atoms with E-state index in [1.54, 1.807) is 7.11 Å². The zero-order valence-corrected chi connectivity index (χ0v) is 19.2. The van der Waals surface area contributed by atoms with Crippen molar-refractivity contribution in [1.29, 1.82) is 0 Å². The van der Waals surface area contributed by atoms with Gasteiger partial charge in [0.25, 0.3) is 0 Å². The average molecular weight is 455 g/mol. The predicted molar refractivity (Wildman–Crippen MR) is 126 cm³/mol. The van der Waals surface area contributed by atoms with E-state index in [0.29, 0.717) is 18.6 Å². The average Bonchev–Trinajstić information content (AvgIpc) is 2.77. The van der Waals surface area contributed by atoms with Crippen LogP contribution < -0.4 is 24.4 Å². The van der Waals surface area contributed by atoms with Crippen molar-refractivity contribution in [3.05, 3.63) is 48.5 Å². The fraction of sp³-hybridized carbons (Fsp3) is 0.478. The highest BCUT2D eigenvalue weighted by Gasteiger charge is 2.27. The molecule has 2 aromatic rings. The summed E-state index contributed by atoms with van der Waals surface area (Å²) in [4.78, 5) is 2.44. The number of nitrogens with zero attached hydrogens (tertiary/aromatic N) is 1. The van der Waals surface area contributed by atoms with Crippen LogP contribution in [0.2, 0.25) is 0 Å². The molecule has 0 aliphatic carbocycles. The first-order valence-corrected chi connectivity index (χ1v) is 10.2. The second kappa shape index (κ2) is 11.5. The van der Waals surface area contributed by atoms with Gasteiger partial charge in [0.1, 0.15) is 18.5 Å². The first kappa shape index (κ1) is 24.4. The zero-order chi connectivity index (χ0) is 19.3. The first-order valence-electron chi connectivity index (χ1n) is 10.2. The Labute approximate surface area is 191 Å². The lowest BCUT2D eigenvalue weighted by atomic mass is 9.90. The van der Waals surface area contributed by atoms with E-state index in [4.69, 9.17) is 14.2 Å². The number of piperidine rings is 1. The van der Waals surface area contributed by atoms with Crippen molar-refractivity contribution in [3.8, 4) is 17.2 Å². The van der Waals surface area contributed by atoms with Crippen LogP contribution in [0.4, 0.5) is 5.69 Å². The minimum atomic E-state index is 0.